The number of aryl methyl sites for hydroxylation is 1. The maximum Gasteiger partial charge on any atom is 0.410 e. The van der Waals surface area contributed by atoms with Crippen LogP contribution in [0.25, 0.3) is 33.3 Å². The summed E-state index contributed by atoms with van der Waals surface area (Å²) in [5, 5.41) is 4.83. The van der Waals surface area contributed by atoms with Gasteiger partial charge in [0.05, 0.1) is 17.9 Å². The number of carbonyl (C=O) groups is 1. The van der Waals surface area contributed by atoms with E-state index in [-0.39, 0.29) is 36.2 Å². The van der Waals surface area contributed by atoms with E-state index >= 15 is 4.39 Å². The number of aromatic nitrogens is 5. The number of anilines is 1. The summed E-state index contributed by atoms with van der Waals surface area (Å²) in [6, 6.07) is 5.87. The van der Waals surface area contributed by atoms with Crippen LogP contribution >= 0.6 is 0 Å². The van der Waals surface area contributed by atoms with Crippen LogP contribution in [-0.4, -0.2) is 80.4 Å². The number of hydrogen-bond donors (Lipinski definition) is 0. The number of amides is 1. The minimum absolute atomic E-state index is 0.00425. The van der Waals surface area contributed by atoms with Crippen LogP contribution in [-0.2, 0) is 16.5 Å². The first kappa shape index (κ1) is 27.1. The van der Waals surface area contributed by atoms with Gasteiger partial charge in [-0.05, 0) is 58.2 Å². The number of ether oxygens (including phenoxy) is 3. The average Bonchev–Trinajstić information content (AvgIpc) is 3.49. The molecule has 4 aromatic rings. The number of carbonyl (C=O) groups excluding carboxylic acids is 1. The van der Waals surface area contributed by atoms with Crippen molar-refractivity contribution in [1.82, 2.24) is 29.6 Å². The Morgan fingerprint density at radius 2 is 1.98 bits per heavy atom. The second-order valence-electron chi connectivity index (χ2n) is 11.6. The highest BCUT2D eigenvalue weighted by Gasteiger charge is 2.42. The minimum Gasteiger partial charge on any atom is -0.464 e. The smallest absolute Gasteiger partial charge is 0.410 e. The van der Waals surface area contributed by atoms with Gasteiger partial charge in [-0.3, -0.25) is 4.68 Å². The van der Waals surface area contributed by atoms with Gasteiger partial charge in [-0.25, -0.2) is 24.1 Å². The van der Waals surface area contributed by atoms with E-state index in [1.807, 2.05) is 37.8 Å². The van der Waals surface area contributed by atoms with E-state index in [2.05, 4.69) is 15.0 Å². The first-order valence-electron chi connectivity index (χ1n) is 13.8. The number of pyridine rings is 1. The van der Waals surface area contributed by atoms with Crippen molar-refractivity contribution in [2.45, 2.75) is 57.7 Å². The summed E-state index contributed by atoms with van der Waals surface area (Å²) in [4.78, 5) is 31.2. The van der Waals surface area contributed by atoms with E-state index < -0.39 is 11.4 Å². The average molecular weight is 564 g/mol. The second kappa shape index (κ2) is 10.4. The summed E-state index contributed by atoms with van der Waals surface area (Å²) in [5.74, 6) is 0.194. The van der Waals surface area contributed by atoms with Crippen molar-refractivity contribution in [1.29, 1.82) is 0 Å². The molecule has 0 radical (unpaired) electrons. The highest BCUT2D eigenvalue weighted by atomic mass is 19.1. The normalized spacial score (nSPS) is 17.4. The van der Waals surface area contributed by atoms with Crippen LogP contribution < -0.4 is 9.64 Å². The number of nitrogens with zero attached hydrogens (tertiary/aromatic N) is 7. The predicted molar refractivity (Wildman–Crippen MR) is 151 cm³/mol. The molecule has 0 spiro atoms. The van der Waals surface area contributed by atoms with Crippen molar-refractivity contribution in [3.05, 3.63) is 36.4 Å². The fourth-order valence-corrected chi connectivity index (χ4v) is 5.32. The molecule has 11 nitrogen and oxygen atoms in total. The third-order valence-electron chi connectivity index (χ3n) is 7.22. The summed E-state index contributed by atoms with van der Waals surface area (Å²) >= 11 is 0. The van der Waals surface area contributed by atoms with Crippen molar-refractivity contribution in [2.75, 3.05) is 31.9 Å². The molecule has 2 fully saturated rings. The Hall–Kier alpha value is -4.06. The molecule has 0 bridgehead atoms. The van der Waals surface area contributed by atoms with Crippen molar-refractivity contribution in [3.63, 3.8) is 0 Å². The van der Waals surface area contributed by atoms with Crippen LogP contribution in [0.1, 0.15) is 40.0 Å². The number of fused-ring (bicyclic) bond motifs is 2. The Balaban J connectivity index is 1.26. The molecule has 6 rings (SSSR count). The Kier molecular flexibility index (Phi) is 6.88. The number of rotatable bonds is 7. The Morgan fingerprint density at radius 1 is 1.17 bits per heavy atom. The second-order valence-corrected chi connectivity index (χ2v) is 11.6. The Bertz CT molecular complexity index is 1610. The lowest BCUT2D eigenvalue weighted by atomic mass is 10.1. The van der Waals surface area contributed by atoms with E-state index in [9.17, 15) is 4.79 Å². The standard InChI is InChI=1S/C29H34FN7O4/c1-29(2,3)41-28(38)37(18-6-7-18)19-10-11-36(15-19)23-9-8-21-27(33-23)31-13-22(32-21)20-12-17-14-35(4)34-25(17)24(30)26(20)40-16-39-5/h8-9,12-14,18-19H,6-7,10-11,15-16H2,1-5H3. The van der Waals surface area contributed by atoms with E-state index in [0.29, 0.717) is 34.4 Å². The molecule has 1 aromatic carbocycles. The monoisotopic (exact) mass is 563 g/mol. The molecule has 1 amide bonds. The first-order chi connectivity index (χ1) is 19.6. The van der Waals surface area contributed by atoms with E-state index in [1.54, 1.807) is 30.2 Å². The third-order valence-corrected chi connectivity index (χ3v) is 7.22. The molecule has 12 heteroatoms. The van der Waals surface area contributed by atoms with Crippen molar-refractivity contribution in [3.8, 4) is 17.0 Å². The number of benzene rings is 1. The van der Waals surface area contributed by atoms with Gasteiger partial charge in [0, 0.05) is 50.4 Å². The minimum atomic E-state index is -0.583. The lowest BCUT2D eigenvalue weighted by molar-refractivity contribution is 0.0158. The summed E-state index contributed by atoms with van der Waals surface area (Å²) < 4.78 is 33.3. The van der Waals surface area contributed by atoms with Gasteiger partial charge in [0.25, 0.3) is 0 Å². The van der Waals surface area contributed by atoms with Crippen LogP contribution in [0.15, 0.2) is 30.6 Å². The summed E-state index contributed by atoms with van der Waals surface area (Å²) in [5.41, 5.74) is 1.61. The molecular formula is C29H34FN7O4. The molecule has 1 unspecified atom stereocenters. The zero-order valence-corrected chi connectivity index (χ0v) is 23.9. The summed E-state index contributed by atoms with van der Waals surface area (Å²) in [6.45, 7) is 6.99. The van der Waals surface area contributed by atoms with Crippen LogP contribution in [0.4, 0.5) is 15.0 Å². The fraction of sp³-hybridized carbons (Fsp3) is 0.483. The maximum atomic E-state index is 15.4. The molecule has 4 heterocycles. The van der Waals surface area contributed by atoms with Gasteiger partial charge in [0.2, 0.25) is 0 Å². The van der Waals surface area contributed by atoms with Crippen LogP contribution in [0, 0.1) is 5.82 Å². The van der Waals surface area contributed by atoms with Gasteiger partial charge in [-0.2, -0.15) is 5.10 Å². The van der Waals surface area contributed by atoms with E-state index in [0.717, 1.165) is 31.6 Å². The van der Waals surface area contributed by atoms with Crippen LogP contribution in [0.3, 0.4) is 0 Å². The topological polar surface area (TPSA) is 108 Å². The van der Waals surface area contributed by atoms with E-state index in [4.69, 9.17) is 24.2 Å². The quantitative estimate of drug-likeness (QED) is 0.296. The Labute approximate surface area is 237 Å². The van der Waals surface area contributed by atoms with Gasteiger partial charge >= 0.3 is 6.09 Å². The molecule has 3 aromatic heterocycles. The summed E-state index contributed by atoms with van der Waals surface area (Å²) in [6.07, 6.45) is 5.93. The van der Waals surface area contributed by atoms with Gasteiger partial charge in [-0.1, -0.05) is 0 Å². The first-order valence-corrected chi connectivity index (χ1v) is 13.8. The predicted octanol–water partition coefficient (Wildman–Crippen LogP) is 4.68. The molecule has 1 aliphatic heterocycles. The highest BCUT2D eigenvalue weighted by molar-refractivity contribution is 5.89. The number of halogens is 1. The molecule has 1 atom stereocenters. The molecule has 0 N–H and O–H groups in total. The van der Waals surface area contributed by atoms with Crippen molar-refractivity contribution >= 4 is 34.0 Å². The lowest BCUT2D eigenvalue weighted by Crippen LogP contribution is -2.46. The largest absolute Gasteiger partial charge is 0.464 e. The van der Waals surface area contributed by atoms with Crippen LogP contribution in [0.5, 0.6) is 5.75 Å². The molecule has 41 heavy (non-hydrogen) atoms. The molecule has 1 saturated heterocycles. The summed E-state index contributed by atoms with van der Waals surface area (Å²) in [7, 11) is 3.21. The molecule has 2 aliphatic rings. The molecule has 1 saturated carbocycles. The van der Waals surface area contributed by atoms with Crippen molar-refractivity contribution in [2.24, 2.45) is 7.05 Å². The number of hydrogen-bond acceptors (Lipinski definition) is 9. The highest BCUT2D eigenvalue weighted by Crippen LogP contribution is 2.37. The Morgan fingerprint density at radius 3 is 2.71 bits per heavy atom. The van der Waals surface area contributed by atoms with Gasteiger partial charge in [0.15, 0.2) is 24.0 Å². The fourth-order valence-electron chi connectivity index (χ4n) is 5.32. The van der Waals surface area contributed by atoms with E-state index in [1.165, 1.54) is 7.11 Å². The van der Waals surface area contributed by atoms with Gasteiger partial charge in [-0.15, -0.1) is 0 Å². The zero-order valence-electron chi connectivity index (χ0n) is 23.9. The van der Waals surface area contributed by atoms with Gasteiger partial charge < -0.3 is 24.0 Å². The SMILES string of the molecule is COCOc1c(-c2cnc3nc(N4CCC(N(C(=O)OC(C)(C)C)C5CC5)C4)ccc3n2)cc2cn(C)nc2c1F. The zero-order chi connectivity index (χ0) is 28.9. The molecule has 216 valence electrons. The van der Waals surface area contributed by atoms with Crippen molar-refractivity contribution < 1.29 is 23.4 Å². The van der Waals surface area contributed by atoms with Gasteiger partial charge in [0.1, 0.15) is 22.5 Å². The maximum absolute atomic E-state index is 15.4. The van der Waals surface area contributed by atoms with Crippen LogP contribution in [0.2, 0.25) is 0 Å². The number of methoxy groups -OCH3 is 1. The molecule has 1 aliphatic carbocycles. The third kappa shape index (κ3) is 5.48. The molecular weight excluding hydrogens is 529 g/mol. The lowest BCUT2D eigenvalue weighted by Gasteiger charge is -2.31.